The van der Waals surface area contributed by atoms with Crippen LogP contribution in [0, 0.1) is 5.82 Å². The molecule has 1 aromatic rings. The molecule has 2 aliphatic rings. The summed E-state index contributed by atoms with van der Waals surface area (Å²) >= 11 is 6.18. The molecule has 156 valence electrons. The van der Waals surface area contributed by atoms with Crippen molar-refractivity contribution in [1.29, 1.82) is 0 Å². The standard InChI is InChI=1S/C19H26ClFN4O2.HI/c1-3-22-18(23-12-7-9-25(10-8-12)19(26)27-2)24-16-11-13(16)17-14(20)5-4-6-15(17)21;/h4-6,12-13,16H,3,7-11H2,1-2H3,(H2,22,23,24);1H. The predicted octanol–water partition coefficient (Wildman–Crippen LogP) is 3.74. The Bertz CT molecular complexity index is 693. The molecule has 0 aromatic heterocycles. The van der Waals surface area contributed by atoms with Gasteiger partial charge >= 0.3 is 6.09 Å². The summed E-state index contributed by atoms with van der Waals surface area (Å²) in [6, 6.07) is 5.15. The number of rotatable bonds is 4. The van der Waals surface area contributed by atoms with Gasteiger partial charge in [0.1, 0.15) is 5.82 Å². The summed E-state index contributed by atoms with van der Waals surface area (Å²) in [6.45, 7) is 3.93. The molecule has 1 aliphatic carbocycles. The minimum atomic E-state index is -0.281. The van der Waals surface area contributed by atoms with E-state index in [4.69, 9.17) is 16.3 Å². The lowest BCUT2D eigenvalue weighted by Gasteiger charge is -2.32. The summed E-state index contributed by atoms with van der Waals surface area (Å²) in [5.74, 6) is 0.534. The van der Waals surface area contributed by atoms with Crippen molar-refractivity contribution in [3.8, 4) is 0 Å². The second-order valence-corrected chi connectivity index (χ2v) is 7.33. The molecule has 0 radical (unpaired) electrons. The second kappa shape index (κ2) is 10.5. The van der Waals surface area contributed by atoms with Crippen molar-refractivity contribution in [2.75, 3.05) is 26.7 Å². The number of nitrogens with one attached hydrogen (secondary N) is 2. The van der Waals surface area contributed by atoms with Crippen molar-refractivity contribution < 1.29 is 13.9 Å². The summed E-state index contributed by atoms with van der Waals surface area (Å²) in [6.07, 6.45) is 2.20. The first-order valence-corrected chi connectivity index (χ1v) is 9.75. The maximum absolute atomic E-state index is 14.1. The van der Waals surface area contributed by atoms with Crippen molar-refractivity contribution in [3.05, 3.63) is 34.6 Å². The maximum atomic E-state index is 14.1. The van der Waals surface area contributed by atoms with Crippen molar-refractivity contribution >= 4 is 47.6 Å². The van der Waals surface area contributed by atoms with E-state index in [1.807, 2.05) is 6.92 Å². The fourth-order valence-corrected chi connectivity index (χ4v) is 3.84. The fourth-order valence-electron chi connectivity index (χ4n) is 3.53. The largest absolute Gasteiger partial charge is 0.453 e. The number of ether oxygens (including phenoxy) is 1. The summed E-state index contributed by atoms with van der Waals surface area (Å²) < 4.78 is 18.9. The first-order chi connectivity index (χ1) is 13.0. The summed E-state index contributed by atoms with van der Waals surface area (Å²) in [7, 11) is 1.40. The van der Waals surface area contributed by atoms with Gasteiger partial charge < -0.3 is 20.3 Å². The molecule has 6 nitrogen and oxygen atoms in total. The van der Waals surface area contributed by atoms with Crippen LogP contribution >= 0.6 is 35.6 Å². The van der Waals surface area contributed by atoms with E-state index in [-0.39, 0.29) is 53.9 Å². The molecule has 1 heterocycles. The van der Waals surface area contributed by atoms with Crippen LogP contribution in [0.4, 0.5) is 9.18 Å². The van der Waals surface area contributed by atoms with Crippen LogP contribution in [0.15, 0.2) is 23.2 Å². The molecule has 28 heavy (non-hydrogen) atoms. The Labute approximate surface area is 187 Å². The zero-order valence-electron chi connectivity index (χ0n) is 16.1. The van der Waals surface area contributed by atoms with Gasteiger partial charge in [0.05, 0.1) is 7.11 Å². The van der Waals surface area contributed by atoms with E-state index in [2.05, 4.69) is 15.6 Å². The molecule has 2 atom stereocenters. The minimum absolute atomic E-state index is 0. The van der Waals surface area contributed by atoms with Crippen LogP contribution in [0.2, 0.25) is 5.02 Å². The van der Waals surface area contributed by atoms with E-state index in [1.165, 1.54) is 13.2 Å². The number of likely N-dealkylation sites (tertiary alicyclic amines) is 1. The molecule has 0 spiro atoms. The maximum Gasteiger partial charge on any atom is 0.409 e. The number of carbonyl (C=O) groups excluding carboxylic acids is 1. The highest BCUT2D eigenvalue weighted by Gasteiger charge is 2.42. The SMILES string of the molecule is CCN=C(NC1CCN(C(=O)OC)CC1)NC1CC1c1c(F)cccc1Cl.I. The van der Waals surface area contributed by atoms with Gasteiger partial charge in [-0.2, -0.15) is 0 Å². The number of piperidine rings is 1. The Morgan fingerprint density at radius 3 is 2.68 bits per heavy atom. The van der Waals surface area contributed by atoms with E-state index in [0.717, 1.165) is 25.2 Å². The number of guanidine groups is 1. The van der Waals surface area contributed by atoms with Crippen LogP contribution in [-0.2, 0) is 4.74 Å². The third kappa shape index (κ3) is 5.62. The number of nitrogens with zero attached hydrogens (tertiary/aromatic N) is 2. The van der Waals surface area contributed by atoms with Crippen LogP contribution in [0.25, 0.3) is 0 Å². The minimum Gasteiger partial charge on any atom is -0.453 e. The molecular formula is C19H27ClFIN4O2. The molecule has 2 N–H and O–H groups in total. The topological polar surface area (TPSA) is 66.0 Å². The quantitative estimate of drug-likeness (QED) is 0.358. The molecule has 3 rings (SSSR count). The highest BCUT2D eigenvalue weighted by Crippen LogP contribution is 2.44. The number of aliphatic imine (C=N–C) groups is 1. The Morgan fingerprint density at radius 1 is 1.36 bits per heavy atom. The molecule has 1 aliphatic heterocycles. The van der Waals surface area contributed by atoms with Gasteiger partial charge in [-0.15, -0.1) is 24.0 Å². The average Bonchev–Trinajstić information content (AvgIpc) is 3.40. The fraction of sp³-hybridized carbons (Fsp3) is 0.579. The lowest BCUT2D eigenvalue weighted by molar-refractivity contribution is 0.111. The molecule has 1 aromatic carbocycles. The van der Waals surface area contributed by atoms with Crippen LogP contribution in [0.3, 0.4) is 0 Å². The number of benzene rings is 1. The number of amides is 1. The highest BCUT2D eigenvalue weighted by molar-refractivity contribution is 14.0. The third-order valence-corrected chi connectivity index (χ3v) is 5.40. The van der Waals surface area contributed by atoms with Crippen molar-refractivity contribution in [2.45, 2.75) is 44.2 Å². The van der Waals surface area contributed by atoms with E-state index >= 15 is 0 Å². The van der Waals surface area contributed by atoms with Crippen LogP contribution < -0.4 is 10.6 Å². The van der Waals surface area contributed by atoms with Gasteiger partial charge in [-0.25, -0.2) is 9.18 Å². The zero-order valence-corrected chi connectivity index (χ0v) is 19.2. The normalized spacial score (nSPS) is 22.3. The molecular weight excluding hydrogens is 498 g/mol. The Morgan fingerprint density at radius 2 is 2.07 bits per heavy atom. The van der Waals surface area contributed by atoms with Crippen LogP contribution in [0.1, 0.15) is 37.7 Å². The number of methoxy groups -OCH3 is 1. The summed E-state index contributed by atoms with van der Waals surface area (Å²) in [5, 5.41) is 7.31. The lowest BCUT2D eigenvalue weighted by Crippen LogP contribution is -2.50. The number of halogens is 3. The van der Waals surface area contributed by atoms with Gasteiger partial charge in [0.2, 0.25) is 0 Å². The highest BCUT2D eigenvalue weighted by atomic mass is 127. The second-order valence-electron chi connectivity index (χ2n) is 6.93. The van der Waals surface area contributed by atoms with Gasteiger partial charge in [0.15, 0.2) is 5.96 Å². The molecule has 0 bridgehead atoms. The van der Waals surface area contributed by atoms with Crippen molar-refractivity contribution in [2.24, 2.45) is 4.99 Å². The Balaban J connectivity index is 0.00000280. The lowest BCUT2D eigenvalue weighted by atomic mass is 10.1. The van der Waals surface area contributed by atoms with E-state index in [0.29, 0.717) is 30.2 Å². The predicted molar refractivity (Wildman–Crippen MR) is 119 cm³/mol. The van der Waals surface area contributed by atoms with Crippen LogP contribution in [-0.4, -0.2) is 55.8 Å². The van der Waals surface area contributed by atoms with Gasteiger partial charge in [-0.1, -0.05) is 17.7 Å². The molecule has 1 saturated heterocycles. The van der Waals surface area contributed by atoms with E-state index in [9.17, 15) is 9.18 Å². The third-order valence-electron chi connectivity index (χ3n) is 5.07. The monoisotopic (exact) mass is 524 g/mol. The van der Waals surface area contributed by atoms with Gasteiger partial charge in [-0.3, -0.25) is 4.99 Å². The summed E-state index contributed by atoms with van der Waals surface area (Å²) in [4.78, 5) is 17.8. The molecule has 2 unspecified atom stereocenters. The average molecular weight is 525 g/mol. The Kier molecular flexibility index (Phi) is 8.60. The molecule has 1 amide bonds. The van der Waals surface area contributed by atoms with Crippen molar-refractivity contribution in [3.63, 3.8) is 0 Å². The van der Waals surface area contributed by atoms with Crippen molar-refractivity contribution in [1.82, 2.24) is 15.5 Å². The first-order valence-electron chi connectivity index (χ1n) is 9.37. The number of hydrogen-bond acceptors (Lipinski definition) is 3. The summed E-state index contributed by atoms with van der Waals surface area (Å²) in [5.41, 5.74) is 0.582. The number of hydrogen-bond donors (Lipinski definition) is 2. The smallest absolute Gasteiger partial charge is 0.409 e. The van der Waals surface area contributed by atoms with E-state index < -0.39 is 0 Å². The van der Waals surface area contributed by atoms with Gasteiger partial charge in [0.25, 0.3) is 0 Å². The Hall–Kier alpha value is -1.29. The van der Waals surface area contributed by atoms with E-state index in [1.54, 1.807) is 17.0 Å². The first kappa shape index (κ1) is 23.0. The van der Waals surface area contributed by atoms with Gasteiger partial charge in [-0.05, 0) is 38.3 Å². The van der Waals surface area contributed by atoms with Crippen LogP contribution in [0.5, 0.6) is 0 Å². The zero-order chi connectivity index (χ0) is 19.4. The molecule has 9 heteroatoms. The molecule has 2 fully saturated rings. The van der Waals surface area contributed by atoms with Gasteiger partial charge in [0, 0.05) is 48.2 Å². The molecule has 1 saturated carbocycles. The number of carbonyl (C=O) groups is 1.